The van der Waals surface area contributed by atoms with Gasteiger partial charge in [-0.1, -0.05) is 25.5 Å². The third kappa shape index (κ3) is 6.32. The standard InChI is InChI=1S/C19H29NO4/c1-5-7-8-16-9-11-17(12-10-16)19(23)24-14(3)13-18(22)20(6-2)15(4)21/h9-12,14-15,21H,5-8,13H2,1-4H3. The molecule has 0 bridgehead atoms. The van der Waals surface area contributed by atoms with Crippen LogP contribution in [0.15, 0.2) is 24.3 Å². The number of ether oxygens (including phenoxy) is 1. The Balaban J connectivity index is 2.55. The van der Waals surface area contributed by atoms with Crippen LogP contribution in [0.5, 0.6) is 0 Å². The molecule has 24 heavy (non-hydrogen) atoms. The number of rotatable bonds is 9. The lowest BCUT2D eigenvalue weighted by molar-refractivity contribution is -0.141. The van der Waals surface area contributed by atoms with Crippen molar-refractivity contribution >= 4 is 11.9 Å². The Morgan fingerprint density at radius 2 is 1.79 bits per heavy atom. The summed E-state index contributed by atoms with van der Waals surface area (Å²) in [6.07, 6.45) is 1.93. The largest absolute Gasteiger partial charge is 0.459 e. The average Bonchev–Trinajstić information content (AvgIpc) is 2.53. The highest BCUT2D eigenvalue weighted by Crippen LogP contribution is 2.12. The van der Waals surface area contributed by atoms with Crippen molar-refractivity contribution in [2.45, 2.75) is 65.7 Å². The predicted octanol–water partition coefficient (Wildman–Crippen LogP) is 3.15. The van der Waals surface area contributed by atoms with Gasteiger partial charge in [-0.15, -0.1) is 0 Å². The van der Waals surface area contributed by atoms with Gasteiger partial charge in [-0.25, -0.2) is 4.79 Å². The lowest BCUT2D eigenvalue weighted by atomic mass is 10.1. The molecule has 0 radical (unpaired) electrons. The lowest BCUT2D eigenvalue weighted by Gasteiger charge is -2.25. The van der Waals surface area contributed by atoms with Crippen LogP contribution in [0.4, 0.5) is 0 Å². The van der Waals surface area contributed by atoms with E-state index in [1.165, 1.54) is 17.4 Å². The summed E-state index contributed by atoms with van der Waals surface area (Å²) >= 11 is 0. The van der Waals surface area contributed by atoms with E-state index >= 15 is 0 Å². The summed E-state index contributed by atoms with van der Waals surface area (Å²) in [5.74, 6) is -0.667. The molecule has 1 aromatic carbocycles. The maximum absolute atomic E-state index is 12.1. The molecule has 0 fully saturated rings. The number of hydrogen-bond acceptors (Lipinski definition) is 4. The molecule has 0 saturated carbocycles. The van der Waals surface area contributed by atoms with E-state index in [1.54, 1.807) is 26.0 Å². The van der Waals surface area contributed by atoms with Crippen LogP contribution in [0.2, 0.25) is 0 Å². The van der Waals surface area contributed by atoms with Crippen LogP contribution < -0.4 is 0 Å². The molecule has 5 nitrogen and oxygen atoms in total. The molecule has 1 aromatic rings. The van der Waals surface area contributed by atoms with Gasteiger partial charge in [-0.05, 0) is 51.3 Å². The van der Waals surface area contributed by atoms with E-state index in [4.69, 9.17) is 4.74 Å². The topological polar surface area (TPSA) is 66.8 Å². The van der Waals surface area contributed by atoms with Crippen molar-refractivity contribution in [2.75, 3.05) is 6.54 Å². The molecule has 5 heteroatoms. The van der Waals surface area contributed by atoms with E-state index in [0.717, 1.165) is 19.3 Å². The maximum Gasteiger partial charge on any atom is 0.338 e. The van der Waals surface area contributed by atoms with E-state index in [0.29, 0.717) is 12.1 Å². The van der Waals surface area contributed by atoms with Gasteiger partial charge in [0.25, 0.3) is 0 Å². The molecule has 0 aliphatic rings. The zero-order chi connectivity index (χ0) is 18.1. The first-order valence-corrected chi connectivity index (χ1v) is 8.66. The van der Waals surface area contributed by atoms with E-state index in [-0.39, 0.29) is 12.3 Å². The zero-order valence-electron chi connectivity index (χ0n) is 15.1. The van der Waals surface area contributed by atoms with Gasteiger partial charge in [0, 0.05) is 6.54 Å². The van der Waals surface area contributed by atoms with Crippen LogP contribution in [0.3, 0.4) is 0 Å². The number of esters is 1. The summed E-state index contributed by atoms with van der Waals surface area (Å²) in [5.41, 5.74) is 1.68. The van der Waals surface area contributed by atoms with Gasteiger partial charge < -0.3 is 14.7 Å². The summed E-state index contributed by atoms with van der Waals surface area (Å²) in [6, 6.07) is 7.40. The average molecular weight is 335 g/mol. The summed E-state index contributed by atoms with van der Waals surface area (Å²) in [7, 11) is 0. The zero-order valence-corrected chi connectivity index (χ0v) is 15.1. The summed E-state index contributed by atoms with van der Waals surface area (Å²) in [6.45, 7) is 7.57. The first-order chi connectivity index (χ1) is 11.4. The van der Waals surface area contributed by atoms with Crippen LogP contribution in [0.25, 0.3) is 0 Å². The normalized spacial score (nSPS) is 13.2. The van der Waals surface area contributed by atoms with Gasteiger partial charge in [0.05, 0.1) is 12.0 Å². The number of aryl methyl sites for hydroxylation is 1. The second-order valence-electron chi connectivity index (χ2n) is 6.03. The van der Waals surface area contributed by atoms with Crippen LogP contribution >= 0.6 is 0 Å². The Labute approximate surface area is 144 Å². The highest BCUT2D eigenvalue weighted by molar-refractivity contribution is 5.89. The minimum Gasteiger partial charge on any atom is -0.459 e. The van der Waals surface area contributed by atoms with Crippen LogP contribution in [0, 0.1) is 0 Å². The second-order valence-corrected chi connectivity index (χ2v) is 6.03. The third-order valence-corrected chi connectivity index (χ3v) is 3.89. The number of nitrogens with zero attached hydrogens (tertiary/aromatic N) is 1. The van der Waals surface area contributed by atoms with Gasteiger partial charge in [0.15, 0.2) is 0 Å². The molecule has 1 rings (SSSR count). The molecule has 0 saturated heterocycles. The van der Waals surface area contributed by atoms with Crippen molar-refractivity contribution in [1.29, 1.82) is 0 Å². The molecule has 0 aliphatic carbocycles. The smallest absolute Gasteiger partial charge is 0.338 e. The predicted molar refractivity (Wildman–Crippen MR) is 93.6 cm³/mol. The number of amides is 1. The Morgan fingerprint density at radius 3 is 2.29 bits per heavy atom. The number of unbranched alkanes of at least 4 members (excludes halogenated alkanes) is 1. The van der Waals surface area contributed by atoms with E-state index in [9.17, 15) is 14.7 Å². The third-order valence-electron chi connectivity index (χ3n) is 3.89. The second kappa shape index (κ2) is 10.1. The van der Waals surface area contributed by atoms with Crippen LogP contribution in [-0.4, -0.2) is 40.8 Å². The van der Waals surface area contributed by atoms with Crippen molar-refractivity contribution < 1.29 is 19.4 Å². The van der Waals surface area contributed by atoms with Gasteiger partial charge in [-0.2, -0.15) is 0 Å². The Bertz CT molecular complexity index is 525. The highest BCUT2D eigenvalue weighted by atomic mass is 16.5. The van der Waals surface area contributed by atoms with Crippen LogP contribution in [0.1, 0.15) is 62.9 Å². The summed E-state index contributed by atoms with van der Waals surface area (Å²) in [4.78, 5) is 25.5. The molecular formula is C19H29NO4. The quantitative estimate of drug-likeness (QED) is 0.556. The molecule has 0 aromatic heterocycles. The number of aliphatic hydroxyl groups is 1. The molecule has 0 aliphatic heterocycles. The van der Waals surface area contributed by atoms with Gasteiger partial charge in [0.2, 0.25) is 5.91 Å². The van der Waals surface area contributed by atoms with Crippen molar-refractivity contribution in [3.8, 4) is 0 Å². The van der Waals surface area contributed by atoms with E-state index < -0.39 is 18.3 Å². The number of carbonyl (C=O) groups is 2. The number of benzene rings is 1. The Kier molecular flexibility index (Phi) is 8.47. The van der Waals surface area contributed by atoms with Crippen molar-refractivity contribution in [3.05, 3.63) is 35.4 Å². The first-order valence-electron chi connectivity index (χ1n) is 8.66. The van der Waals surface area contributed by atoms with Crippen molar-refractivity contribution in [2.24, 2.45) is 0 Å². The number of aliphatic hydroxyl groups excluding tert-OH is 1. The monoisotopic (exact) mass is 335 g/mol. The fourth-order valence-electron chi connectivity index (χ4n) is 2.49. The molecular weight excluding hydrogens is 306 g/mol. The van der Waals surface area contributed by atoms with Gasteiger partial charge in [-0.3, -0.25) is 4.79 Å². The maximum atomic E-state index is 12.1. The molecule has 1 amide bonds. The highest BCUT2D eigenvalue weighted by Gasteiger charge is 2.21. The van der Waals surface area contributed by atoms with Crippen molar-refractivity contribution in [3.63, 3.8) is 0 Å². The van der Waals surface area contributed by atoms with E-state index in [2.05, 4.69) is 6.92 Å². The minimum atomic E-state index is -0.846. The Hall–Kier alpha value is -1.88. The fourth-order valence-corrected chi connectivity index (χ4v) is 2.49. The SMILES string of the molecule is CCCCc1ccc(C(=O)OC(C)CC(=O)N(CC)C(C)O)cc1. The lowest BCUT2D eigenvalue weighted by Crippen LogP contribution is -2.40. The Morgan fingerprint density at radius 1 is 1.17 bits per heavy atom. The van der Waals surface area contributed by atoms with Gasteiger partial charge in [0.1, 0.15) is 12.3 Å². The van der Waals surface area contributed by atoms with Gasteiger partial charge >= 0.3 is 5.97 Å². The molecule has 134 valence electrons. The molecule has 2 atom stereocenters. The molecule has 1 N–H and O–H groups in total. The molecule has 2 unspecified atom stereocenters. The fraction of sp³-hybridized carbons (Fsp3) is 0.579. The molecule has 0 spiro atoms. The number of hydrogen-bond donors (Lipinski definition) is 1. The van der Waals surface area contributed by atoms with Crippen molar-refractivity contribution in [1.82, 2.24) is 4.90 Å². The van der Waals surface area contributed by atoms with Crippen LogP contribution in [-0.2, 0) is 16.0 Å². The molecule has 0 heterocycles. The van der Waals surface area contributed by atoms with E-state index in [1.807, 2.05) is 12.1 Å². The summed E-state index contributed by atoms with van der Waals surface area (Å²) in [5, 5.41) is 9.54. The number of carbonyl (C=O) groups excluding carboxylic acids is 2. The first kappa shape index (κ1) is 20.2. The minimum absolute atomic E-state index is 0.0546. The summed E-state index contributed by atoms with van der Waals surface area (Å²) < 4.78 is 5.33.